The Balaban J connectivity index is 1.60. The van der Waals surface area contributed by atoms with E-state index in [0.29, 0.717) is 27.6 Å². The van der Waals surface area contributed by atoms with Gasteiger partial charge < -0.3 is 10.2 Å². The Kier molecular flexibility index (Phi) is 5.27. The third-order valence-electron chi connectivity index (χ3n) is 4.93. The van der Waals surface area contributed by atoms with E-state index in [9.17, 15) is 4.79 Å². The number of hydrogen-bond acceptors (Lipinski definition) is 2. The second-order valence-corrected chi connectivity index (χ2v) is 7.18. The summed E-state index contributed by atoms with van der Waals surface area (Å²) in [5.74, 6) is 0.457. The van der Waals surface area contributed by atoms with Gasteiger partial charge in [-0.2, -0.15) is 0 Å². The van der Waals surface area contributed by atoms with Crippen LogP contribution in [0.2, 0.25) is 10.0 Å². The summed E-state index contributed by atoms with van der Waals surface area (Å²) in [6.07, 6.45) is 6.33. The summed E-state index contributed by atoms with van der Waals surface area (Å²) in [4.78, 5) is 14.9. The van der Waals surface area contributed by atoms with Crippen LogP contribution >= 0.6 is 23.2 Å². The number of nitrogens with zero attached hydrogens (tertiary/aromatic N) is 1. The average molecular weight is 341 g/mol. The van der Waals surface area contributed by atoms with Crippen molar-refractivity contribution < 1.29 is 4.79 Å². The van der Waals surface area contributed by atoms with E-state index in [2.05, 4.69) is 10.2 Å². The third kappa shape index (κ3) is 3.58. The molecule has 120 valence electrons. The lowest BCUT2D eigenvalue weighted by Crippen LogP contribution is -2.51. The number of halogens is 2. The summed E-state index contributed by atoms with van der Waals surface area (Å²) < 4.78 is 0. The predicted octanol–water partition coefficient (Wildman–Crippen LogP) is 3.99. The molecule has 1 amide bonds. The summed E-state index contributed by atoms with van der Waals surface area (Å²) in [5, 5.41) is 4.03. The smallest absolute Gasteiger partial charge is 0.252 e. The minimum absolute atomic E-state index is 0.102. The summed E-state index contributed by atoms with van der Waals surface area (Å²) in [5.41, 5.74) is 0.502. The van der Waals surface area contributed by atoms with E-state index >= 15 is 0 Å². The first-order valence-corrected chi connectivity index (χ1v) is 8.88. The number of piperidine rings is 2. The molecule has 0 saturated carbocycles. The summed E-state index contributed by atoms with van der Waals surface area (Å²) >= 11 is 12.0. The highest BCUT2D eigenvalue weighted by atomic mass is 35.5. The molecule has 0 aliphatic carbocycles. The fraction of sp³-hybridized carbons (Fsp3) is 0.588. The van der Waals surface area contributed by atoms with Gasteiger partial charge in [0.15, 0.2) is 0 Å². The first kappa shape index (κ1) is 16.1. The van der Waals surface area contributed by atoms with E-state index in [4.69, 9.17) is 23.2 Å². The maximum atomic E-state index is 12.3. The van der Waals surface area contributed by atoms with Gasteiger partial charge in [-0.3, -0.25) is 4.79 Å². The van der Waals surface area contributed by atoms with Crippen LogP contribution in [0.25, 0.3) is 0 Å². The standard InChI is InChI=1S/C17H22Cl2N2O/c18-13-6-7-14(15(19)10-13)17(22)20-11-12-4-3-9-21-8-2-1-5-16(12)21/h6-7,10,12,16H,1-5,8-9,11H2,(H,20,22)/t12-,16+/m0/s1. The molecule has 2 saturated heterocycles. The Labute approximate surface area is 142 Å². The Morgan fingerprint density at radius 1 is 1.18 bits per heavy atom. The Morgan fingerprint density at radius 3 is 2.82 bits per heavy atom. The largest absolute Gasteiger partial charge is 0.352 e. The fourth-order valence-corrected chi connectivity index (χ4v) is 4.30. The molecule has 2 atom stereocenters. The summed E-state index contributed by atoms with van der Waals surface area (Å²) in [7, 11) is 0. The van der Waals surface area contributed by atoms with Gasteiger partial charge in [0.05, 0.1) is 10.6 Å². The maximum Gasteiger partial charge on any atom is 0.252 e. The Bertz CT molecular complexity index is 547. The first-order valence-electron chi connectivity index (χ1n) is 8.12. The van der Waals surface area contributed by atoms with Gasteiger partial charge in [0.1, 0.15) is 0 Å². The maximum absolute atomic E-state index is 12.3. The molecule has 22 heavy (non-hydrogen) atoms. The van der Waals surface area contributed by atoms with Crippen molar-refractivity contribution in [2.45, 2.75) is 38.1 Å². The quantitative estimate of drug-likeness (QED) is 0.902. The highest BCUT2D eigenvalue weighted by molar-refractivity contribution is 6.36. The normalized spacial score (nSPS) is 25.5. The van der Waals surface area contributed by atoms with Crippen molar-refractivity contribution in [1.29, 1.82) is 0 Å². The topological polar surface area (TPSA) is 32.3 Å². The van der Waals surface area contributed by atoms with Gasteiger partial charge in [0.25, 0.3) is 5.91 Å². The molecule has 2 heterocycles. The fourth-order valence-electron chi connectivity index (χ4n) is 3.81. The number of benzene rings is 1. The summed E-state index contributed by atoms with van der Waals surface area (Å²) in [6, 6.07) is 5.64. The predicted molar refractivity (Wildman–Crippen MR) is 90.7 cm³/mol. The highest BCUT2D eigenvalue weighted by Crippen LogP contribution is 2.30. The minimum atomic E-state index is -0.102. The van der Waals surface area contributed by atoms with Crippen molar-refractivity contribution in [3.8, 4) is 0 Å². The van der Waals surface area contributed by atoms with Crippen LogP contribution in [-0.4, -0.2) is 36.5 Å². The Hall–Kier alpha value is -0.770. The average Bonchev–Trinajstić information content (AvgIpc) is 2.52. The number of rotatable bonds is 3. The molecule has 1 aromatic rings. The van der Waals surface area contributed by atoms with E-state index in [0.717, 1.165) is 6.54 Å². The van der Waals surface area contributed by atoms with Crippen molar-refractivity contribution >= 4 is 29.1 Å². The number of amides is 1. The van der Waals surface area contributed by atoms with Crippen LogP contribution in [0, 0.1) is 5.92 Å². The van der Waals surface area contributed by atoms with Gasteiger partial charge in [-0.1, -0.05) is 29.6 Å². The van der Waals surface area contributed by atoms with Gasteiger partial charge in [-0.25, -0.2) is 0 Å². The zero-order chi connectivity index (χ0) is 15.5. The van der Waals surface area contributed by atoms with Crippen LogP contribution in [0.5, 0.6) is 0 Å². The zero-order valence-corrected chi connectivity index (χ0v) is 14.2. The van der Waals surface area contributed by atoms with Crippen LogP contribution in [0.4, 0.5) is 0 Å². The van der Waals surface area contributed by atoms with Gasteiger partial charge >= 0.3 is 0 Å². The van der Waals surface area contributed by atoms with Crippen molar-refractivity contribution in [2.24, 2.45) is 5.92 Å². The number of fused-ring (bicyclic) bond motifs is 1. The van der Waals surface area contributed by atoms with Crippen LogP contribution in [-0.2, 0) is 0 Å². The Morgan fingerprint density at radius 2 is 2.00 bits per heavy atom. The molecular formula is C17H22Cl2N2O. The molecule has 0 bridgehead atoms. The van der Waals surface area contributed by atoms with Crippen LogP contribution < -0.4 is 5.32 Å². The zero-order valence-electron chi connectivity index (χ0n) is 12.7. The SMILES string of the molecule is O=C(NC[C@@H]1CCCN2CCCC[C@H]12)c1ccc(Cl)cc1Cl. The lowest BCUT2D eigenvalue weighted by molar-refractivity contribution is 0.0575. The second kappa shape index (κ2) is 7.20. The molecule has 3 nitrogen and oxygen atoms in total. The van der Waals surface area contributed by atoms with Crippen LogP contribution in [0.15, 0.2) is 18.2 Å². The lowest BCUT2D eigenvalue weighted by Gasteiger charge is -2.44. The molecular weight excluding hydrogens is 319 g/mol. The molecule has 2 fully saturated rings. The second-order valence-electron chi connectivity index (χ2n) is 6.34. The molecule has 2 aliphatic heterocycles. The van der Waals surface area contributed by atoms with Crippen molar-refractivity contribution in [3.05, 3.63) is 33.8 Å². The highest BCUT2D eigenvalue weighted by Gasteiger charge is 2.33. The van der Waals surface area contributed by atoms with Gasteiger partial charge in [-0.15, -0.1) is 0 Å². The van der Waals surface area contributed by atoms with Crippen molar-refractivity contribution in [3.63, 3.8) is 0 Å². The van der Waals surface area contributed by atoms with Crippen LogP contribution in [0.3, 0.4) is 0 Å². The first-order chi connectivity index (χ1) is 10.6. The van der Waals surface area contributed by atoms with E-state index < -0.39 is 0 Å². The molecule has 1 N–H and O–H groups in total. The number of carbonyl (C=O) groups excluding carboxylic acids is 1. The molecule has 0 unspecified atom stereocenters. The number of carbonyl (C=O) groups is 1. The molecule has 2 aliphatic rings. The van der Waals surface area contributed by atoms with Gasteiger partial charge in [0, 0.05) is 17.6 Å². The summed E-state index contributed by atoms with van der Waals surface area (Å²) in [6.45, 7) is 3.18. The molecule has 3 rings (SSSR count). The lowest BCUT2D eigenvalue weighted by atomic mass is 9.83. The van der Waals surface area contributed by atoms with Crippen molar-refractivity contribution in [1.82, 2.24) is 10.2 Å². The minimum Gasteiger partial charge on any atom is -0.352 e. The van der Waals surface area contributed by atoms with E-state index in [1.54, 1.807) is 18.2 Å². The molecule has 0 aromatic heterocycles. The monoisotopic (exact) mass is 340 g/mol. The molecule has 0 spiro atoms. The third-order valence-corrected chi connectivity index (χ3v) is 5.48. The van der Waals surface area contributed by atoms with Crippen LogP contribution in [0.1, 0.15) is 42.5 Å². The van der Waals surface area contributed by atoms with Crippen molar-refractivity contribution in [2.75, 3.05) is 19.6 Å². The van der Waals surface area contributed by atoms with E-state index in [-0.39, 0.29) is 5.91 Å². The molecule has 5 heteroatoms. The molecule has 0 radical (unpaired) electrons. The van der Waals surface area contributed by atoms with E-state index in [1.807, 2.05) is 0 Å². The van der Waals surface area contributed by atoms with E-state index in [1.165, 1.54) is 45.2 Å². The number of hydrogen-bond donors (Lipinski definition) is 1. The van der Waals surface area contributed by atoms with Gasteiger partial charge in [-0.05, 0) is 62.9 Å². The molecule has 1 aromatic carbocycles. The van der Waals surface area contributed by atoms with Gasteiger partial charge in [0.2, 0.25) is 0 Å². The number of nitrogens with one attached hydrogen (secondary N) is 1.